The van der Waals surface area contributed by atoms with Crippen molar-refractivity contribution in [1.82, 2.24) is 0 Å². The van der Waals surface area contributed by atoms with Crippen LogP contribution in [0.3, 0.4) is 0 Å². The number of benzene rings is 1. The van der Waals surface area contributed by atoms with E-state index in [1.54, 1.807) is 0 Å². The van der Waals surface area contributed by atoms with Crippen molar-refractivity contribution in [2.24, 2.45) is 5.41 Å². The van der Waals surface area contributed by atoms with Crippen LogP contribution in [0.15, 0.2) is 18.2 Å². The summed E-state index contributed by atoms with van der Waals surface area (Å²) in [4.78, 5) is 10.8. The highest BCUT2D eigenvalue weighted by atomic mass is 19.1. The molecule has 0 aromatic heterocycles. The highest BCUT2D eigenvalue weighted by molar-refractivity contribution is 5.74. The average Bonchev–Trinajstić information content (AvgIpc) is 2.22. The van der Waals surface area contributed by atoms with Crippen LogP contribution in [0.1, 0.15) is 12.5 Å². The molecule has 0 saturated heterocycles. The molecule has 0 heterocycles. The minimum Gasteiger partial charge on any atom is -0.508 e. The van der Waals surface area contributed by atoms with E-state index in [0.29, 0.717) is 0 Å². The average molecular weight is 230 g/mol. The van der Waals surface area contributed by atoms with Crippen LogP contribution in [0.5, 0.6) is 5.75 Å². The number of halogens is 2. The van der Waals surface area contributed by atoms with Crippen LogP contribution >= 0.6 is 0 Å². The molecule has 1 atom stereocenters. The van der Waals surface area contributed by atoms with E-state index >= 15 is 0 Å². The lowest BCUT2D eigenvalue weighted by Gasteiger charge is -2.21. The monoisotopic (exact) mass is 230 g/mol. The molecule has 2 N–H and O–H groups in total. The first-order chi connectivity index (χ1) is 7.39. The van der Waals surface area contributed by atoms with Gasteiger partial charge in [-0.05, 0) is 25.0 Å². The van der Waals surface area contributed by atoms with Crippen molar-refractivity contribution in [3.63, 3.8) is 0 Å². The number of aliphatic carboxylic acids is 1. The zero-order valence-electron chi connectivity index (χ0n) is 8.70. The predicted molar refractivity (Wildman–Crippen MR) is 53.5 cm³/mol. The normalized spacial score (nSPS) is 14.4. The van der Waals surface area contributed by atoms with Crippen LogP contribution < -0.4 is 0 Å². The van der Waals surface area contributed by atoms with Gasteiger partial charge in [-0.3, -0.25) is 4.79 Å². The van der Waals surface area contributed by atoms with Crippen molar-refractivity contribution < 1.29 is 23.8 Å². The second kappa shape index (κ2) is 4.47. The van der Waals surface area contributed by atoms with Gasteiger partial charge in [0.2, 0.25) is 0 Å². The molecule has 0 saturated carbocycles. The van der Waals surface area contributed by atoms with E-state index in [9.17, 15) is 13.6 Å². The SMILES string of the molecule is CC(CF)(Cc1ccc(O)cc1F)C(=O)O. The summed E-state index contributed by atoms with van der Waals surface area (Å²) in [5.74, 6) is -2.30. The molecule has 0 aliphatic carbocycles. The van der Waals surface area contributed by atoms with E-state index in [4.69, 9.17) is 10.2 Å². The first kappa shape index (κ1) is 12.4. The van der Waals surface area contributed by atoms with E-state index in [-0.39, 0.29) is 17.7 Å². The summed E-state index contributed by atoms with van der Waals surface area (Å²) in [7, 11) is 0. The molecule has 0 radical (unpaired) electrons. The molecule has 16 heavy (non-hydrogen) atoms. The minimum absolute atomic E-state index is 0.0698. The van der Waals surface area contributed by atoms with Gasteiger partial charge in [-0.2, -0.15) is 0 Å². The van der Waals surface area contributed by atoms with Gasteiger partial charge >= 0.3 is 5.97 Å². The molecule has 88 valence electrons. The summed E-state index contributed by atoms with van der Waals surface area (Å²) in [6.07, 6.45) is -0.259. The van der Waals surface area contributed by atoms with E-state index in [0.717, 1.165) is 6.07 Å². The fourth-order valence-corrected chi connectivity index (χ4v) is 1.28. The fourth-order valence-electron chi connectivity index (χ4n) is 1.28. The molecule has 0 aliphatic heterocycles. The number of hydrogen-bond donors (Lipinski definition) is 2. The van der Waals surface area contributed by atoms with Gasteiger partial charge in [-0.1, -0.05) is 6.07 Å². The molecule has 5 heteroatoms. The molecular weight excluding hydrogens is 218 g/mol. The van der Waals surface area contributed by atoms with Crippen molar-refractivity contribution in [3.05, 3.63) is 29.6 Å². The Morgan fingerprint density at radius 2 is 2.12 bits per heavy atom. The van der Waals surface area contributed by atoms with Gasteiger partial charge in [0.25, 0.3) is 0 Å². The molecule has 1 rings (SSSR count). The number of alkyl halides is 1. The van der Waals surface area contributed by atoms with Gasteiger partial charge in [0.1, 0.15) is 18.2 Å². The van der Waals surface area contributed by atoms with Crippen LogP contribution in [-0.4, -0.2) is 22.9 Å². The van der Waals surface area contributed by atoms with E-state index in [1.807, 2.05) is 0 Å². The molecule has 1 aromatic carbocycles. The van der Waals surface area contributed by atoms with Crippen LogP contribution in [0.25, 0.3) is 0 Å². The summed E-state index contributed by atoms with van der Waals surface area (Å²) in [6.45, 7) is 0.129. The van der Waals surface area contributed by atoms with E-state index in [1.165, 1.54) is 19.1 Å². The maximum atomic E-state index is 13.3. The second-order valence-electron chi connectivity index (χ2n) is 3.95. The number of phenolic OH excluding ortho intramolecular Hbond substituents is 1. The maximum Gasteiger partial charge on any atom is 0.312 e. The zero-order valence-corrected chi connectivity index (χ0v) is 8.70. The zero-order chi connectivity index (χ0) is 12.3. The Morgan fingerprint density at radius 1 is 1.50 bits per heavy atom. The number of carboxylic acid groups (broad SMARTS) is 1. The van der Waals surface area contributed by atoms with Gasteiger partial charge in [0.15, 0.2) is 0 Å². The van der Waals surface area contributed by atoms with Crippen molar-refractivity contribution in [2.75, 3.05) is 6.67 Å². The number of aromatic hydroxyl groups is 1. The summed E-state index contributed by atoms with van der Waals surface area (Å²) >= 11 is 0. The van der Waals surface area contributed by atoms with Gasteiger partial charge in [0, 0.05) is 6.07 Å². The molecule has 3 nitrogen and oxygen atoms in total. The molecule has 1 unspecified atom stereocenters. The van der Waals surface area contributed by atoms with E-state index < -0.39 is 23.9 Å². The van der Waals surface area contributed by atoms with Gasteiger partial charge in [-0.25, -0.2) is 8.78 Å². The first-order valence-corrected chi connectivity index (χ1v) is 4.66. The number of hydrogen-bond acceptors (Lipinski definition) is 2. The topological polar surface area (TPSA) is 57.5 Å². The standard InChI is InChI=1S/C11H12F2O3/c1-11(6-12,10(15)16)5-7-2-3-8(14)4-9(7)13/h2-4,14H,5-6H2,1H3,(H,15,16). The van der Waals surface area contributed by atoms with Gasteiger partial charge in [0.05, 0.1) is 5.41 Å². The molecule has 0 aliphatic rings. The number of phenols is 1. The van der Waals surface area contributed by atoms with E-state index in [2.05, 4.69) is 0 Å². The van der Waals surface area contributed by atoms with Crippen LogP contribution in [-0.2, 0) is 11.2 Å². The largest absolute Gasteiger partial charge is 0.508 e. The lowest BCUT2D eigenvalue weighted by molar-refractivity contribution is -0.148. The molecular formula is C11H12F2O3. The quantitative estimate of drug-likeness (QED) is 0.833. The van der Waals surface area contributed by atoms with Crippen LogP contribution in [0.2, 0.25) is 0 Å². The lowest BCUT2D eigenvalue weighted by Crippen LogP contribution is -2.32. The number of rotatable bonds is 4. The Bertz CT molecular complexity index is 406. The summed E-state index contributed by atoms with van der Waals surface area (Å²) < 4.78 is 25.9. The Hall–Kier alpha value is -1.65. The minimum atomic E-state index is -1.64. The molecule has 0 fully saturated rings. The summed E-state index contributed by atoms with van der Waals surface area (Å²) in [5, 5.41) is 17.8. The third kappa shape index (κ3) is 2.48. The Labute approximate surface area is 91.3 Å². The predicted octanol–water partition coefficient (Wildman–Crippen LogP) is 2.13. The number of carbonyl (C=O) groups is 1. The third-order valence-corrected chi connectivity index (χ3v) is 2.43. The smallest absolute Gasteiger partial charge is 0.312 e. The highest BCUT2D eigenvalue weighted by Gasteiger charge is 2.34. The van der Waals surface area contributed by atoms with Crippen molar-refractivity contribution >= 4 is 5.97 Å². The van der Waals surface area contributed by atoms with Crippen molar-refractivity contribution in [1.29, 1.82) is 0 Å². The number of carboxylic acids is 1. The summed E-state index contributed by atoms with van der Waals surface area (Å²) in [5.41, 5.74) is -1.57. The Morgan fingerprint density at radius 3 is 2.56 bits per heavy atom. The Kier molecular flexibility index (Phi) is 3.47. The highest BCUT2D eigenvalue weighted by Crippen LogP contribution is 2.26. The third-order valence-electron chi connectivity index (χ3n) is 2.43. The van der Waals surface area contributed by atoms with Gasteiger partial charge < -0.3 is 10.2 Å². The van der Waals surface area contributed by atoms with Crippen LogP contribution in [0.4, 0.5) is 8.78 Å². The van der Waals surface area contributed by atoms with Crippen LogP contribution in [0, 0.1) is 11.2 Å². The second-order valence-corrected chi connectivity index (χ2v) is 3.95. The molecule has 1 aromatic rings. The van der Waals surface area contributed by atoms with Crippen molar-refractivity contribution in [3.8, 4) is 5.75 Å². The molecule has 0 bridgehead atoms. The van der Waals surface area contributed by atoms with Crippen molar-refractivity contribution in [2.45, 2.75) is 13.3 Å². The lowest BCUT2D eigenvalue weighted by atomic mass is 9.85. The fraction of sp³-hybridized carbons (Fsp3) is 0.364. The molecule has 0 amide bonds. The Balaban J connectivity index is 2.99. The first-order valence-electron chi connectivity index (χ1n) is 4.66. The summed E-state index contributed by atoms with van der Waals surface area (Å²) in [6, 6.07) is 3.36. The van der Waals surface area contributed by atoms with Gasteiger partial charge in [-0.15, -0.1) is 0 Å². The molecule has 0 spiro atoms. The maximum absolute atomic E-state index is 13.3.